The van der Waals surface area contributed by atoms with E-state index in [4.69, 9.17) is 11.6 Å². The first-order valence-corrected chi connectivity index (χ1v) is 6.26. The van der Waals surface area contributed by atoms with Gasteiger partial charge in [0.1, 0.15) is 5.15 Å². The third-order valence-corrected chi connectivity index (χ3v) is 2.91. The Hall–Kier alpha value is -2.47. The van der Waals surface area contributed by atoms with E-state index in [-0.39, 0.29) is 17.0 Å². The molecule has 3 aromatic heterocycles. The molecule has 0 radical (unpaired) electrons. The molecule has 0 bridgehead atoms. The van der Waals surface area contributed by atoms with Crippen molar-refractivity contribution in [2.75, 3.05) is 5.32 Å². The summed E-state index contributed by atoms with van der Waals surface area (Å²) in [6, 6.07) is 7.11. The van der Waals surface area contributed by atoms with Gasteiger partial charge < -0.3 is 0 Å². The normalized spacial score (nSPS) is 10.7. The zero-order valence-corrected chi connectivity index (χ0v) is 11.3. The van der Waals surface area contributed by atoms with E-state index in [0.717, 1.165) is 0 Å². The Morgan fingerprint density at radius 3 is 3.00 bits per heavy atom. The molecule has 1 amide bonds. The van der Waals surface area contributed by atoms with E-state index < -0.39 is 0 Å². The number of amides is 1. The first kappa shape index (κ1) is 12.6. The molecule has 0 unspecified atom stereocenters. The van der Waals surface area contributed by atoms with E-state index in [1.807, 2.05) is 18.2 Å². The summed E-state index contributed by atoms with van der Waals surface area (Å²) in [5.74, 6) is -0.150. The monoisotopic (exact) mass is 287 g/mol. The molecule has 100 valence electrons. The Bertz CT molecular complexity index is 778. The zero-order valence-electron chi connectivity index (χ0n) is 10.5. The summed E-state index contributed by atoms with van der Waals surface area (Å²) in [4.78, 5) is 20.3. The minimum absolute atomic E-state index is 0.176. The van der Waals surface area contributed by atoms with E-state index in [0.29, 0.717) is 16.8 Å². The summed E-state index contributed by atoms with van der Waals surface area (Å²) < 4.78 is 1.62. The van der Waals surface area contributed by atoms with E-state index in [1.165, 1.54) is 6.20 Å². The fraction of sp³-hybridized carbons (Fsp3) is 0.0769. The summed E-state index contributed by atoms with van der Waals surface area (Å²) in [6.45, 7) is 1.78. The van der Waals surface area contributed by atoms with E-state index in [9.17, 15) is 4.79 Å². The van der Waals surface area contributed by atoms with Crippen LogP contribution in [0, 0.1) is 6.92 Å². The number of carbonyl (C=O) groups is 1. The summed E-state index contributed by atoms with van der Waals surface area (Å²) in [7, 11) is 0. The average Bonchev–Trinajstić information content (AvgIpc) is 2.81. The number of aromatic nitrogens is 4. The van der Waals surface area contributed by atoms with Gasteiger partial charge in [0.25, 0.3) is 5.91 Å². The predicted octanol–water partition coefficient (Wildman–Crippen LogP) is 2.34. The van der Waals surface area contributed by atoms with Gasteiger partial charge in [-0.05, 0) is 25.1 Å². The topological polar surface area (TPSA) is 72.2 Å². The number of hydrogen-bond acceptors (Lipinski definition) is 4. The highest BCUT2D eigenvalue weighted by Crippen LogP contribution is 2.13. The van der Waals surface area contributed by atoms with E-state index in [2.05, 4.69) is 20.4 Å². The molecule has 0 aliphatic carbocycles. The SMILES string of the molecule is Cc1cc(Cl)nc(NC(=O)c2cnn3ccccc23)n1. The van der Waals surface area contributed by atoms with Gasteiger partial charge in [-0.15, -0.1) is 0 Å². The summed E-state index contributed by atoms with van der Waals surface area (Å²) >= 11 is 5.83. The molecule has 6 nitrogen and oxygen atoms in total. The van der Waals surface area contributed by atoms with E-state index in [1.54, 1.807) is 23.7 Å². The van der Waals surface area contributed by atoms with Gasteiger partial charge in [-0.3, -0.25) is 10.1 Å². The maximum Gasteiger partial charge on any atom is 0.261 e. The third kappa shape index (κ3) is 2.33. The second-order valence-electron chi connectivity index (χ2n) is 4.20. The predicted molar refractivity (Wildman–Crippen MR) is 74.9 cm³/mol. The molecule has 3 heterocycles. The van der Waals surface area contributed by atoms with Crippen LogP contribution in [0.1, 0.15) is 16.1 Å². The highest BCUT2D eigenvalue weighted by Gasteiger charge is 2.14. The van der Waals surface area contributed by atoms with Crippen LogP contribution in [-0.4, -0.2) is 25.5 Å². The van der Waals surface area contributed by atoms with Gasteiger partial charge >= 0.3 is 0 Å². The van der Waals surface area contributed by atoms with Crippen LogP contribution in [0.2, 0.25) is 5.15 Å². The molecule has 0 aliphatic heterocycles. The van der Waals surface area contributed by atoms with Crippen LogP contribution in [0.25, 0.3) is 5.52 Å². The Labute approximate surface area is 119 Å². The molecule has 0 fully saturated rings. The number of anilines is 1. The molecule has 0 atom stereocenters. The first-order chi connectivity index (χ1) is 9.63. The van der Waals surface area contributed by atoms with Crippen molar-refractivity contribution in [2.45, 2.75) is 6.92 Å². The third-order valence-electron chi connectivity index (χ3n) is 2.72. The molecule has 1 N–H and O–H groups in total. The minimum Gasteiger partial charge on any atom is -0.290 e. The molecular formula is C13H10ClN5O. The van der Waals surface area contributed by atoms with Crippen molar-refractivity contribution >= 4 is 29.0 Å². The van der Waals surface area contributed by atoms with Crippen LogP contribution < -0.4 is 5.32 Å². The molecule has 7 heteroatoms. The number of nitrogens with zero attached hydrogens (tertiary/aromatic N) is 4. The minimum atomic E-state index is -0.326. The molecule has 0 spiro atoms. The number of pyridine rings is 1. The van der Waals surface area contributed by atoms with Crippen LogP contribution in [0.3, 0.4) is 0 Å². The molecule has 20 heavy (non-hydrogen) atoms. The maximum absolute atomic E-state index is 12.2. The van der Waals surface area contributed by atoms with Gasteiger partial charge in [0.05, 0.1) is 17.3 Å². The number of halogens is 1. The van der Waals surface area contributed by atoms with Gasteiger partial charge in [0.15, 0.2) is 0 Å². The first-order valence-electron chi connectivity index (χ1n) is 5.88. The Balaban J connectivity index is 1.93. The van der Waals surface area contributed by atoms with Gasteiger partial charge in [-0.25, -0.2) is 14.5 Å². The lowest BCUT2D eigenvalue weighted by Gasteiger charge is -2.03. The van der Waals surface area contributed by atoms with Crippen LogP contribution in [-0.2, 0) is 0 Å². The smallest absolute Gasteiger partial charge is 0.261 e. The number of carbonyl (C=O) groups excluding carboxylic acids is 1. The molecule has 3 aromatic rings. The number of rotatable bonds is 2. The fourth-order valence-electron chi connectivity index (χ4n) is 1.86. The number of nitrogens with one attached hydrogen (secondary N) is 1. The second-order valence-corrected chi connectivity index (χ2v) is 4.59. The standard InChI is InChI=1S/C13H10ClN5O/c1-8-6-11(14)17-13(16-8)18-12(20)9-7-15-19-5-3-2-4-10(9)19/h2-7H,1H3,(H,16,17,18,20). The van der Waals surface area contributed by atoms with Crippen molar-refractivity contribution in [2.24, 2.45) is 0 Å². The molecule has 0 aromatic carbocycles. The van der Waals surface area contributed by atoms with Crippen LogP contribution >= 0.6 is 11.6 Å². The highest BCUT2D eigenvalue weighted by atomic mass is 35.5. The second kappa shape index (κ2) is 4.90. The largest absolute Gasteiger partial charge is 0.290 e. The lowest BCUT2D eigenvalue weighted by Crippen LogP contribution is -2.14. The van der Waals surface area contributed by atoms with Gasteiger partial charge in [0, 0.05) is 11.9 Å². The summed E-state index contributed by atoms with van der Waals surface area (Å²) in [5.41, 5.74) is 1.84. The van der Waals surface area contributed by atoms with Crippen LogP contribution in [0.15, 0.2) is 36.7 Å². The van der Waals surface area contributed by atoms with Gasteiger partial charge in [0.2, 0.25) is 5.95 Å². The van der Waals surface area contributed by atoms with Crippen molar-refractivity contribution in [3.05, 3.63) is 53.1 Å². The lowest BCUT2D eigenvalue weighted by molar-refractivity contribution is 0.102. The van der Waals surface area contributed by atoms with E-state index >= 15 is 0 Å². The van der Waals surface area contributed by atoms with Crippen LogP contribution in [0.4, 0.5) is 5.95 Å². The molecule has 3 rings (SSSR count). The van der Waals surface area contributed by atoms with Crippen molar-refractivity contribution < 1.29 is 4.79 Å². The van der Waals surface area contributed by atoms with Gasteiger partial charge in [-0.2, -0.15) is 5.10 Å². The summed E-state index contributed by atoms with van der Waals surface area (Å²) in [6.07, 6.45) is 3.27. The summed E-state index contributed by atoms with van der Waals surface area (Å²) in [5, 5.41) is 7.01. The van der Waals surface area contributed by atoms with Crippen LogP contribution in [0.5, 0.6) is 0 Å². The Morgan fingerprint density at radius 1 is 1.35 bits per heavy atom. The lowest BCUT2D eigenvalue weighted by atomic mass is 10.2. The molecule has 0 saturated heterocycles. The number of aryl methyl sites for hydroxylation is 1. The zero-order chi connectivity index (χ0) is 14.1. The van der Waals surface area contributed by atoms with Gasteiger partial charge in [-0.1, -0.05) is 17.7 Å². The molecule has 0 aliphatic rings. The highest BCUT2D eigenvalue weighted by molar-refractivity contribution is 6.29. The fourth-order valence-corrected chi connectivity index (χ4v) is 2.10. The molecule has 0 saturated carbocycles. The maximum atomic E-state index is 12.2. The van der Waals surface area contributed by atoms with Crippen molar-refractivity contribution in [3.8, 4) is 0 Å². The number of hydrogen-bond donors (Lipinski definition) is 1. The van der Waals surface area contributed by atoms with Crippen molar-refractivity contribution in [1.29, 1.82) is 0 Å². The van der Waals surface area contributed by atoms with Crippen molar-refractivity contribution in [3.63, 3.8) is 0 Å². The molecular weight excluding hydrogens is 278 g/mol. The average molecular weight is 288 g/mol. The number of fused-ring (bicyclic) bond motifs is 1. The Kier molecular flexibility index (Phi) is 3.08. The quantitative estimate of drug-likeness (QED) is 0.734. The Morgan fingerprint density at radius 2 is 2.20 bits per heavy atom. The van der Waals surface area contributed by atoms with Crippen molar-refractivity contribution in [1.82, 2.24) is 19.6 Å².